The summed E-state index contributed by atoms with van der Waals surface area (Å²) in [6.07, 6.45) is 0. The molecule has 0 atom stereocenters. The summed E-state index contributed by atoms with van der Waals surface area (Å²) < 4.78 is 29.6. The molecule has 0 bridgehead atoms. The molecule has 0 aliphatic rings. The van der Waals surface area contributed by atoms with Gasteiger partial charge < -0.3 is 9.84 Å². The van der Waals surface area contributed by atoms with E-state index in [4.69, 9.17) is 5.11 Å². The van der Waals surface area contributed by atoms with Crippen LogP contribution in [0.15, 0.2) is 18.2 Å². The molecule has 0 fully saturated rings. The van der Waals surface area contributed by atoms with Crippen molar-refractivity contribution in [1.82, 2.24) is 9.55 Å². The molecule has 17 heavy (non-hydrogen) atoms. The number of nitrogens with zero attached hydrogens (tertiary/aromatic N) is 2. The fraction of sp³-hybridized carbons (Fsp3) is 0.200. The number of carboxylic acids is 1. The molecular weight excluding hydrogens is 234 g/mol. The molecule has 90 valence electrons. The van der Waals surface area contributed by atoms with Crippen molar-refractivity contribution in [3.8, 4) is 6.01 Å². The second-order valence-electron chi connectivity index (χ2n) is 3.34. The summed E-state index contributed by atoms with van der Waals surface area (Å²) in [6.45, 7) is -2.97. The second-order valence-corrected chi connectivity index (χ2v) is 3.34. The second kappa shape index (κ2) is 4.00. The quantitative estimate of drug-likeness (QED) is 0.892. The molecule has 0 unspecified atom stereocenters. The number of hydrogen-bond acceptors (Lipinski definition) is 3. The van der Waals surface area contributed by atoms with Crippen LogP contribution in [0.25, 0.3) is 11.0 Å². The molecule has 1 aromatic heterocycles. The average molecular weight is 242 g/mol. The summed E-state index contributed by atoms with van der Waals surface area (Å²) in [7, 11) is 1.47. The van der Waals surface area contributed by atoms with Crippen LogP contribution in [0.5, 0.6) is 6.01 Å². The zero-order chi connectivity index (χ0) is 12.6. The lowest BCUT2D eigenvalue weighted by Crippen LogP contribution is -2.06. The lowest BCUT2D eigenvalue weighted by atomic mass is 10.2. The minimum absolute atomic E-state index is 0.0593. The number of aromatic carboxylic acids is 1. The highest BCUT2D eigenvalue weighted by Crippen LogP contribution is 2.22. The van der Waals surface area contributed by atoms with E-state index < -0.39 is 12.6 Å². The van der Waals surface area contributed by atoms with Crippen molar-refractivity contribution in [3.63, 3.8) is 0 Å². The summed E-state index contributed by atoms with van der Waals surface area (Å²) in [5.74, 6) is -1.09. The Morgan fingerprint density at radius 3 is 2.82 bits per heavy atom. The number of carbonyl (C=O) groups is 1. The molecule has 7 heteroatoms. The normalized spacial score (nSPS) is 11.1. The topological polar surface area (TPSA) is 64.4 Å². The van der Waals surface area contributed by atoms with Crippen molar-refractivity contribution < 1.29 is 23.4 Å². The average Bonchev–Trinajstić information content (AvgIpc) is 2.55. The SMILES string of the molecule is Cn1c(OC(F)F)nc2ccc(C(=O)O)cc21. The van der Waals surface area contributed by atoms with Gasteiger partial charge in [-0.05, 0) is 18.2 Å². The van der Waals surface area contributed by atoms with E-state index in [1.165, 1.54) is 29.8 Å². The van der Waals surface area contributed by atoms with Gasteiger partial charge in [-0.3, -0.25) is 4.57 Å². The van der Waals surface area contributed by atoms with E-state index in [9.17, 15) is 13.6 Å². The molecule has 0 aliphatic carbocycles. The number of aromatic nitrogens is 2. The predicted molar refractivity (Wildman–Crippen MR) is 54.3 cm³/mol. The number of imidazole rings is 1. The van der Waals surface area contributed by atoms with Gasteiger partial charge in [0.1, 0.15) is 0 Å². The molecule has 0 amide bonds. The Kier molecular flexibility index (Phi) is 2.66. The largest absolute Gasteiger partial charge is 0.478 e. The first-order valence-electron chi connectivity index (χ1n) is 4.63. The number of alkyl halides is 2. The number of rotatable bonds is 3. The van der Waals surface area contributed by atoms with E-state index in [1.54, 1.807) is 0 Å². The van der Waals surface area contributed by atoms with Crippen LogP contribution in [0.3, 0.4) is 0 Å². The molecule has 0 saturated heterocycles. The Labute approximate surface area is 94.2 Å². The van der Waals surface area contributed by atoms with E-state index in [2.05, 4.69) is 9.72 Å². The first kappa shape index (κ1) is 11.3. The standard InChI is InChI=1S/C10H8F2N2O3/c1-14-7-4-5(8(15)16)2-3-6(7)13-10(14)17-9(11)12/h2-4,9H,1H3,(H,15,16). The summed E-state index contributed by atoms with van der Waals surface area (Å²) in [6, 6.07) is 3.89. The smallest absolute Gasteiger partial charge is 0.389 e. The Morgan fingerprint density at radius 1 is 1.53 bits per heavy atom. The van der Waals surface area contributed by atoms with Crippen molar-refractivity contribution >= 4 is 17.0 Å². The van der Waals surface area contributed by atoms with Crippen LogP contribution in [0.4, 0.5) is 8.78 Å². The molecule has 2 rings (SSSR count). The molecule has 0 radical (unpaired) electrons. The maximum absolute atomic E-state index is 12.1. The number of aryl methyl sites for hydroxylation is 1. The van der Waals surface area contributed by atoms with Crippen LogP contribution in [-0.2, 0) is 7.05 Å². The van der Waals surface area contributed by atoms with Crippen molar-refractivity contribution in [2.24, 2.45) is 7.05 Å². The molecule has 0 saturated carbocycles. The van der Waals surface area contributed by atoms with Crippen LogP contribution >= 0.6 is 0 Å². The number of fused-ring (bicyclic) bond motifs is 1. The van der Waals surface area contributed by atoms with Crippen LogP contribution < -0.4 is 4.74 Å². The third-order valence-electron chi connectivity index (χ3n) is 2.28. The molecule has 1 N–H and O–H groups in total. The Hall–Kier alpha value is -2.18. The van der Waals surface area contributed by atoms with Gasteiger partial charge >= 0.3 is 18.6 Å². The first-order chi connectivity index (χ1) is 7.99. The molecule has 5 nitrogen and oxygen atoms in total. The Morgan fingerprint density at radius 2 is 2.24 bits per heavy atom. The Bertz CT molecular complexity index is 580. The third-order valence-corrected chi connectivity index (χ3v) is 2.28. The number of benzene rings is 1. The molecule has 0 aliphatic heterocycles. The minimum atomic E-state index is -2.97. The van der Waals surface area contributed by atoms with Crippen LogP contribution in [0, 0.1) is 0 Å². The van der Waals surface area contributed by atoms with Gasteiger partial charge in [-0.15, -0.1) is 0 Å². The molecular formula is C10H8F2N2O3. The zero-order valence-electron chi connectivity index (χ0n) is 8.72. The number of carboxylic acid groups (broad SMARTS) is 1. The number of halogens is 2. The summed E-state index contributed by atoms with van der Waals surface area (Å²) in [5, 5.41) is 8.81. The van der Waals surface area contributed by atoms with Gasteiger partial charge in [-0.2, -0.15) is 13.8 Å². The molecule has 2 aromatic rings. The van der Waals surface area contributed by atoms with Crippen molar-refractivity contribution in [3.05, 3.63) is 23.8 Å². The fourth-order valence-electron chi connectivity index (χ4n) is 1.49. The van der Waals surface area contributed by atoms with Crippen molar-refractivity contribution in [2.75, 3.05) is 0 Å². The van der Waals surface area contributed by atoms with Gasteiger partial charge in [0.25, 0.3) is 0 Å². The lowest BCUT2D eigenvalue weighted by Gasteiger charge is -2.03. The first-order valence-corrected chi connectivity index (χ1v) is 4.63. The monoisotopic (exact) mass is 242 g/mol. The van der Waals surface area contributed by atoms with Gasteiger partial charge in [0, 0.05) is 7.05 Å². The van der Waals surface area contributed by atoms with E-state index in [0.717, 1.165) is 0 Å². The van der Waals surface area contributed by atoms with Crippen LogP contribution in [0.1, 0.15) is 10.4 Å². The third kappa shape index (κ3) is 2.03. The van der Waals surface area contributed by atoms with Crippen LogP contribution in [-0.4, -0.2) is 27.2 Å². The Balaban J connectivity index is 2.54. The van der Waals surface area contributed by atoms with Crippen LogP contribution in [0.2, 0.25) is 0 Å². The van der Waals surface area contributed by atoms with Gasteiger partial charge in [-0.1, -0.05) is 0 Å². The summed E-state index contributed by atoms with van der Waals surface area (Å²) >= 11 is 0. The van der Waals surface area contributed by atoms with E-state index in [-0.39, 0.29) is 11.6 Å². The minimum Gasteiger partial charge on any atom is -0.478 e. The van der Waals surface area contributed by atoms with E-state index in [0.29, 0.717) is 11.0 Å². The van der Waals surface area contributed by atoms with Gasteiger partial charge in [-0.25, -0.2) is 4.79 Å². The summed E-state index contributed by atoms with van der Waals surface area (Å²) in [5.41, 5.74) is 0.873. The maximum Gasteiger partial charge on any atom is 0.389 e. The van der Waals surface area contributed by atoms with E-state index in [1.807, 2.05) is 0 Å². The lowest BCUT2D eigenvalue weighted by molar-refractivity contribution is -0.0574. The highest BCUT2D eigenvalue weighted by atomic mass is 19.3. The summed E-state index contributed by atoms with van der Waals surface area (Å²) in [4.78, 5) is 14.6. The highest BCUT2D eigenvalue weighted by molar-refractivity contribution is 5.92. The van der Waals surface area contributed by atoms with Crippen molar-refractivity contribution in [2.45, 2.75) is 6.61 Å². The number of ether oxygens (including phenoxy) is 1. The van der Waals surface area contributed by atoms with Gasteiger partial charge in [0.2, 0.25) is 0 Å². The predicted octanol–water partition coefficient (Wildman–Crippen LogP) is 1.87. The zero-order valence-corrected chi connectivity index (χ0v) is 8.72. The molecule has 0 spiro atoms. The van der Waals surface area contributed by atoms with Gasteiger partial charge in [0.15, 0.2) is 0 Å². The number of hydrogen-bond donors (Lipinski definition) is 1. The van der Waals surface area contributed by atoms with Gasteiger partial charge in [0.05, 0.1) is 16.6 Å². The fourth-order valence-corrected chi connectivity index (χ4v) is 1.49. The molecule has 1 heterocycles. The molecule has 1 aromatic carbocycles. The van der Waals surface area contributed by atoms with E-state index >= 15 is 0 Å². The maximum atomic E-state index is 12.1. The highest BCUT2D eigenvalue weighted by Gasteiger charge is 2.14. The van der Waals surface area contributed by atoms with Crippen molar-refractivity contribution in [1.29, 1.82) is 0 Å².